The minimum absolute atomic E-state index is 0.137. The summed E-state index contributed by atoms with van der Waals surface area (Å²) in [4.78, 5) is 27.6. The molecule has 1 aliphatic heterocycles. The van der Waals surface area contributed by atoms with Crippen LogP contribution in [0.5, 0.6) is 0 Å². The third kappa shape index (κ3) is 4.66. The first-order valence-electron chi connectivity index (χ1n) is 8.56. The number of carbonyl (C=O) groups excluding carboxylic acids is 2. The summed E-state index contributed by atoms with van der Waals surface area (Å²) in [5.74, 6) is -0.137. The number of hydrogen-bond donors (Lipinski definition) is 0. The largest absolute Gasteiger partial charge is 0.450 e. The van der Waals surface area contributed by atoms with E-state index in [1.165, 1.54) is 4.31 Å². The number of carbonyl (C=O) groups is 2. The molecule has 0 atom stereocenters. The molecule has 1 aromatic rings. The quantitative estimate of drug-likeness (QED) is 0.767. The Hall–Kier alpha value is -2.29. The van der Waals surface area contributed by atoms with Gasteiger partial charge in [0, 0.05) is 38.3 Å². The Balaban J connectivity index is 2.02. The number of hydrogen-bond acceptors (Lipinski definition) is 5. The lowest BCUT2D eigenvalue weighted by Gasteiger charge is -2.34. The van der Waals surface area contributed by atoms with Gasteiger partial charge in [-0.1, -0.05) is 0 Å². The van der Waals surface area contributed by atoms with Crippen molar-refractivity contribution in [2.45, 2.75) is 13.8 Å². The maximum absolute atomic E-state index is 12.6. The smallest absolute Gasteiger partial charge is 0.409 e. The van der Waals surface area contributed by atoms with E-state index in [2.05, 4.69) is 0 Å². The number of sulfonamides is 1. The molecule has 144 valence electrons. The van der Waals surface area contributed by atoms with Gasteiger partial charge in [-0.15, -0.1) is 0 Å². The summed E-state index contributed by atoms with van der Waals surface area (Å²) < 4.78 is 29.8. The molecule has 1 aliphatic rings. The molecule has 26 heavy (non-hydrogen) atoms. The Morgan fingerprint density at radius 1 is 1.04 bits per heavy atom. The van der Waals surface area contributed by atoms with E-state index in [0.29, 0.717) is 50.6 Å². The average molecular weight is 383 g/mol. The molecule has 0 spiro atoms. The van der Waals surface area contributed by atoms with Crippen molar-refractivity contribution in [3.8, 4) is 0 Å². The van der Waals surface area contributed by atoms with E-state index < -0.39 is 10.0 Å². The molecule has 1 fully saturated rings. The van der Waals surface area contributed by atoms with Crippen molar-refractivity contribution < 1.29 is 22.7 Å². The Morgan fingerprint density at radius 2 is 1.58 bits per heavy atom. The van der Waals surface area contributed by atoms with E-state index in [0.717, 1.165) is 6.26 Å². The van der Waals surface area contributed by atoms with Crippen LogP contribution in [0.4, 0.5) is 10.5 Å². The number of amides is 2. The molecule has 2 rings (SSSR count). The van der Waals surface area contributed by atoms with Gasteiger partial charge in [-0.3, -0.25) is 9.10 Å². The molecule has 0 bridgehead atoms. The normalized spacial score (nSPS) is 14.9. The maximum atomic E-state index is 12.6. The molecule has 2 amide bonds. The van der Waals surface area contributed by atoms with Crippen molar-refractivity contribution in [2.75, 3.05) is 49.9 Å². The van der Waals surface area contributed by atoms with E-state index in [-0.39, 0.29) is 12.0 Å². The molecule has 8 nitrogen and oxygen atoms in total. The fourth-order valence-corrected chi connectivity index (χ4v) is 3.84. The highest BCUT2D eigenvalue weighted by molar-refractivity contribution is 7.92. The van der Waals surface area contributed by atoms with Gasteiger partial charge in [0.25, 0.3) is 5.91 Å². The molecule has 9 heteroatoms. The van der Waals surface area contributed by atoms with Gasteiger partial charge < -0.3 is 14.5 Å². The zero-order valence-electron chi connectivity index (χ0n) is 15.3. The van der Waals surface area contributed by atoms with Crippen LogP contribution in [0, 0.1) is 0 Å². The van der Waals surface area contributed by atoms with Crippen molar-refractivity contribution in [3.05, 3.63) is 29.8 Å². The Kier molecular flexibility index (Phi) is 6.47. The SMILES string of the molecule is CCOC(=O)N1CCN(C(=O)c2ccc(N(CC)S(C)(=O)=O)cc2)CC1. The number of benzene rings is 1. The molecule has 0 N–H and O–H groups in total. The Labute approximate surface area is 154 Å². The van der Waals surface area contributed by atoms with Crippen LogP contribution in [0.25, 0.3) is 0 Å². The first-order valence-corrected chi connectivity index (χ1v) is 10.4. The highest BCUT2D eigenvalue weighted by Gasteiger charge is 2.25. The second-order valence-corrected chi connectivity index (χ2v) is 7.86. The fraction of sp³-hybridized carbons (Fsp3) is 0.529. The minimum atomic E-state index is -3.35. The van der Waals surface area contributed by atoms with Crippen LogP contribution in [0.2, 0.25) is 0 Å². The first kappa shape index (κ1) is 20.0. The molecule has 0 radical (unpaired) electrons. The lowest BCUT2D eigenvalue weighted by molar-refractivity contribution is 0.0570. The second kappa shape index (κ2) is 8.39. The summed E-state index contributed by atoms with van der Waals surface area (Å²) in [5.41, 5.74) is 1.02. The minimum Gasteiger partial charge on any atom is -0.450 e. The van der Waals surface area contributed by atoms with Crippen molar-refractivity contribution >= 4 is 27.7 Å². The molecule has 1 aromatic carbocycles. The lowest BCUT2D eigenvalue weighted by Crippen LogP contribution is -2.50. The zero-order chi connectivity index (χ0) is 19.3. The average Bonchev–Trinajstić information content (AvgIpc) is 2.61. The monoisotopic (exact) mass is 383 g/mol. The predicted octanol–water partition coefficient (Wildman–Crippen LogP) is 1.39. The van der Waals surface area contributed by atoms with Crippen molar-refractivity contribution in [1.82, 2.24) is 9.80 Å². The second-order valence-electron chi connectivity index (χ2n) is 5.95. The lowest BCUT2D eigenvalue weighted by atomic mass is 10.1. The van der Waals surface area contributed by atoms with E-state index in [9.17, 15) is 18.0 Å². The summed E-state index contributed by atoms with van der Waals surface area (Å²) >= 11 is 0. The van der Waals surface area contributed by atoms with E-state index in [4.69, 9.17) is 4.74 Å². The zero-order valence-corrected chi connectivity index (χ0v) is 16.2. The van der Waals surface area contributed by atoms with Crippen molar-refractivity contribution in [2.24, 2.45) is 0 Å². The number of anilines is 1. The molecule has 0 saturated carbocycles. The fourth-order valence-electron chi connectivity index (χ4n) is 2.87. The molecular weight excluding hydrogens is 358 g/mol. The number of nitrogens with zero attached hydrogens (tertiary/aromatic N) is 3. The third-order valence-corrected chi connectivity index (χ3v) is 5.45. The van der Waals surface area contributed by atoms with Crippen LogP contribution >= 0.6 is 0 Å². The standard InChI is InChI=1S/C17H25N3O5S/c1-4-20(26(3,23)24)15-8-6-14(7-9-15)16(21)18-10-12-19(13-11-18)17(22)25-5-2/h6-9H,4-5,10-13H2,1-3H3. The van der Waals surface area contributed by atoms with Crippen molar-refractivity contribution in [1.29, 1.82) is 0 Å². The number of ether oxygens (including phenoxy) is 1. The van der Waals surface area contributed by atoms with E-state index in [1.54, 1.807) is 47.9 Å². The highest BCUT2D eigenvalue weighted by Crippen LogP contribution is 2.19. The predicted molar refractivity (Wildman–Crippen MR) is 98.8 cm³/mol. The van der Waals surface area contributed by atoms with Gasteiger partial charge in [0.1, 0.15) is 0 Å². The third-order valence-electron chi connectivity index (χ3n) is 4.18. The molecule has 0 aliphatic carbocycles. The topological polar surface area (TPSA) is 87.2 Å². The van der Waals surface area contributed by atoms with Crippen LogP contribution in [-0.2, 0) is 14.8 Å². The van der Waals surface area contributed by atoms with Gasteiger partial charge in [-0.25, -0.2) is 13.2 Å². The van der Waals surface area contributed by atoms with Crippen molar-refractivity contribution in [3.63, 3.8) is 0 Å². The van der Waals surface area contributed by atoms with Crippen LogP contribution in [-0.4, -0.2) is 75.8 Å². The Bertz CT molecular complexity index is 740. The van der Waals surface area contributed by atoms with Gasteiger partial charge in [-0.05, 0) is 38.1 Å². The molecular formula is C17H25N3O5S. The van der Waals surface area contributed by atoms with Gasteiger partial charge in [0.2, 0.25) is 10.0 Å². The highest BCUT2D eigenvalue weighted by atomic mass is 32.2. The van der Waals surface area contributed by atoms with Gasteiger partial charge in [-0.2, -0.15) is 0 Å². The molecule has 1 saturated heterocycles. The summed E-state index contributed by atoms with van der Waals surface area (Å²) in [6.07, 6.45) is 0.794. The van der Waals surface area contributed by atoms with Gasteiger partial charge >= 0.3 is 6.09 Å². The summed E-state index contributed by atoms with van der Waals surface area (Å²) in [6.45, 7) is 5.89. The molecule has 1 heterocycles. The van der Waals surface area contributed by atoms with E-state index >= 15 is 0 Å². The van der Waals surface area contributed by atoms with Crippen LogP contribution in [0.15, 0.2) is 24.3 Å². The van der Waals surface area contributed by atoms with E-state index in [1.807, 2.05) is 0 Å². The Morgan fingerprint density at radius 3 is 2.04 bits per heavy atom. The number of rotatable bonds is 5. The maximum Gasteiger partial charge on any atom is 0.409 e. The van der Waals surface area contributed by atoms with Crippen LogP contribution < -0.4 is 4.31 Å². The van der Waals surface area contributed by atoms with Crippen LogP contribution in [0.3, 0.4) is 0 Å². The van der Waals surface area contributed by atoms with Gasteiger partial charge in [0.05, 0.1) is 18.6 Å². The summed E-state index contributed by atoms with van der Waals surface area (Å²) in [7, 11) is -3.35. The molecule has 0 unspecified atom stereocenters. The van der Waals surface area contributed by atoms with Gasteiger partial charge in [0.15, 0.2) is 0 Å². The first-order chi connectivity index (χ1) is 12.3. The number of piperazine rings is 1. The molecule has 0 aromatic heterocycles. The van der Waals surface area contributed by atoms with Crippen LogP contribution in [0.1, 0.15) is 24.2 Å². The summed E-state index contributed by atoms with van der Waals surface area (Å²) in [6, 6.07) is 6.52. The summed E-state index contributed by atoms with van der Waals surface area (Å²) in [5, 5.41) is 0.